The minimum Gasteiger partial charge on any atom is -0.260 e. The van der Waals surface area contributed by atoms with Crippen LogP contribution in [0.25, 0.3) is 0 Å². The van der Waals surface area contributed by atoms with Gasteiger partial charge in [-0.05, 0) is 32.9 Å². The smallest absolute Gasteiger partial charge is 0.0631 e. The number of rotatable bonds is 1. The van der Waals surface area contributed by atoms with Crippen LogP contribution in [0.3, 0.4) is 0 Å². The maximum absolute atomic E-state index is 4.56. The molecule has 0 unspecified atom stereocenters. The van der Waals surface area contributed by atoms with Crippen molar-refractivity contribution in [1.29, 1.82) is 0 Å². The molecule has 0 aliphatic carbocycles. The molecule has 0 amide bonds. The van der Waals surface area contributed by atoms with E-state index in [-0.39, 0.29) is 5.54 Å². The lowest BCUT2D eigenvalue weighted by Crippen LogP contribution is -2.36. The van der Waals surface area contributed by atoms with Crippen LogP contribution in [0.1, 0.15) is 54.9 Å². The van der Waals surface area contributed by atoms with Crippen LogP contribution in [-0.4, -0.2) is 11.3 Å². The van der Waals surface area contributed by atoms with Crippen LogP contribution in [0, 0.1) is 0 Å². The molecule has 102 valence electrons. The Morgan fingerprint density at radius 2 is 1.50 bits per heavy atom. The Bertz CT molecular complexity index is 353. The molecule has 1 aliphatic rings. The highest BCUT2D eigenvalue weighted by Gasteiger charge is 2.32. The zero-order valence-corrected chi connectivity index (χ0v) is 13.0. The zero-order valence-electron chi connectivity index (χ0n) is 13.0. The Labute approximate surface area is 113 Å². The summed E-state index contributed by atoms with van der Waals surface area (Å²) in [5.74, 6) is 0. The molecule has 0 radical (unpaired) electrons. The van der Waals surface area contributed by atoms with Crippen molar-refractivity contribution in [1.82, 2.24) is 0 Å². The number of hydrazone groups is 1. The fraction of sp³-hybridized carbons (Fsp3) is 0.562. The lowest BCUT2D eigenvalue weighted by Gasteiger charge is -2.30. The second-order valence-electron chi connectivity index (χ2n) is 4.47. The summed E-state index contributed by atoms with van der Waals surface area (Å²) in [5, 5.41) is 6.67. The van der Waals surface area contributed by atoms with Crippen LogP contribution < -0.4 is 5.01 Å². The van der Waals surface area contributed by atoms with Gasteiger partial charge in [0, 0.05) is 12.1 Å². The second kappa shape index (κ2) is 7.91. The van der Waals surface area contributed by atoms with Crippen LogP contribution in [0.5, 0.6) is 0 Å². The third kappa shape index (κ3) is 4.17. The molecular weight excluding hydrogens is 220 g/mol. The topological polar surface area (TPSA) is 15.6 Å². The first-order valence-electron chi connectivity index (χ1n) is 6.99. The SMILES string of the molecule is CC.CC.CC1=NN(c2ccccc2)C(C)(C)C1. The zero-order chi connectivity index (χ0) is 14.2. The lowest BCUT2D eigenvalue weighted by molar-refractivity contribution is 0.516. The summed E-state index contributed by atoms with van der Waals surface area (Å²) in [6.07, 6.45) is 1.04. The Balaban J connectivity index is 0.000000659. The van der Waals surface area contributed by atoms with Crippen LogP contribution in [-0.2, 0) is 0 Å². The normalized spacial score (nSPS) is 15.9. The lowest BCUT2D eigenvalue weighted by atomic mass is 9.98. The first kappa shape index (κ1) is 16.7. The van der Waals surface area contributed by atoms with Crippen molar-refractivity contribution in [3.05, 3.63) is 30.3 Å². The molecule has 0 bridgehead atoms. The van der Waals surface area contributed by atoms with Gasteiger partial charge in [-0.15, -0.1) is 0 Å². The van der Waals surface area contributed by atoms with Gasteiger partial charge in [0.05, 0.1) is 11.2 Å². The summed E-state index contributed by atoms with van der Waals surface area (Å²) in [5.41, 5.74) is 2.50. The molecule has 0 N–H and O–H groups in total. The van der Waals surface area contributed by atoms with E-state index in [0.29, 0.717) is 0 Å². The van der Waals surface area contributed by atoms with Gasteiger partial charge in [0.25, 0.3) is 0 Å². The number of nitrogens with zero attached hydrogens (tertiary/aromatic N) is 2. The molecule has 0 spiro atoms. The standard InChI is InChI=1S/C12H16N2.2C2H6/c1-10-9-12(2,3)14(13-10)11-7-5-4-6-8-11;2*1-2/h4-8H,9H2,1-3H3;2*1-2H3. The molecule has 2 nitrogen and oxygen atoms in total. The van der Waals surface area contributed by atoms with Crippen molar-refractivity contribution in [2.75, 3.05) is 5.01 Å². The van der Waals surface area contributed by atoms with Crippen LogP contribution in [0.15, 0.2) is 35.4 Å². The Hall–Kier alpha value is -1.31. The molecule has 2 heteroatoms. The summed E-state index contributed by atoms with van der Waals surface area (Å²) in [4.78, 5) is 0. The van der Waals surface area contributed by atoms with E-state index in [9.17, 15) is 0 Å². The Kier molecular flexibility index (Phi) is 7.33. The highest BCUT2D eigenvalue weighted by Crippen LogP contribution is 2.31. The van der Waals surface area contributed by atoms with Crippen LogP contribution in [0.2, 0.25) is 0 Å². The quantitative estimate of drug-likeness (QED) is 0.675. The minimum atomic E-state index is 0.117. The summed E-state index contributed by atoms with van der Waals surface area (Å²) >= 11 is 0. The van der Waals surface area contributed by atoms with Gasteiger partial charge in [-0.1, -0.05) is 45.9 Å². The van der Waals surface area contributed by atoms with Crippen molar-refractivity contribution < 1.29 is 0 Å². The molecule has 0 atom stereocenters. The Morgan fingerprint density at radius 3 is 1.89 bits per heavy atom. The molecular formula is C16H28N2. The van der Waals surface area contributed by atoms with Gasteiger partial charge in [-0.3, -0.25) is 5.01 Å². The average Bonchev–Trinajstić information content (AvgIpc) is 2.68. The number of benzene rings is 1. The van der Waals surface area contributed by atoms with Crippen molar-refractivity contribution in [2.24, 2.45) is 5.10 Å². The predicted octanol–water partition coefficient (Wildman–Crippen LogP) is 5.10. The first-order valence-corrected chi connectivity index (χ1v) is 6.99. The number of anilines is 1. The van der Waals surface area contributed by atoms with E-state index < -0.39 is 0 Å². The number of hydrogen-bond donors (Lipinski definition) is 0. The molecule has 1 aromatic rings. The van der Waals surface area contributed by atoms with Gasteiger partial charge in [0.15, 0.2) is 0 Å². The van der Waals surface area contributed by atoms with Gasteiger partial charge >= 0.3 is 0 Å². The highest BCUT2D eigenvalue weighted by atomic mass is 15.5. The summed E-state index contributed by atoms with van der Waals surface area (Å²) in [7, 11) is 0. The second-order valence-corrected chi connectivity index (χ2v) is 4.47. The van der Waals surface area contributed by atoms with Gasteiger partial charge in [0.1, 0.15) is 0 Å². The number of hydrogen-bond acceptors (Lipinski definition) is 2. The van der Waals surface area contributed by atoms with Crippen LogP contribution >= 0.6 is 0 Å². The maximum atomic E-state index is 4.56. The summed E-state index contributed by atoms with van der Waals surface area (Å²) < 4.78 is 0. The molecule has 0 aromatic heterocycles. The van der Waals surface area contributed by atoms with E-state index in [1.807, 2.05) is 33.8 Å². The van der Waals surface area contributed by atoms with E-state index in [4.69, 9.17) is 0 Å². The van der Waals surface area contributed by atoms with E-state index >= 15 is 0 Å². The third-order valence-corrected chi connectivity index (χ3v) is 2.53. The van der Waals surface area contributed by atoms with E-state index in [1.165, 1.54) is 11.4 Å². The fourth-order valence-corrected chi connectivity index (χ4v) is 2.02. The maximum Gasteiger partial charge on any atom is 0.0631 e. The average molecular weight is 248 g/mol. The first-order chi connectivity index (χ1) is 8.59. The van der Waals surface area contributed by atoms with E-state index in [1.54, 1.807) is 0 Å². The van der Waals surface area contributed by atoms with E-state index in [0.717, 1.165) is 6.42 Å². The predicted molar refractivity (Wildman–Crippen MR) is 83.4 cm³/mol. The summed E-state index contributed by atoms with van der Waals surface area (Å²) in [6, 6.07) is 10.3. The van der Waals surface area contributed by atoms with E-state index in [2.05, 4.69) is 55.1 Å². The number of para-hydroxylation sites is 1. The molecule has 1 aromatic carbocycles. The molecule has 18 heavy (non-hydrogen) atoms. The van der Waals surface area contributed by atoms with Crippen LogP contribution in [0.4, 0.5) is 5.69 Å². The monoisotopic (exact) mass is 248 g/mol. The molecule has 1 aliphatic heterocycles. The Morgan fingerprint density at radius 1 is 1.00 bits per heavy atom. The molecule has 0 saturated carbocycles. The van der Waals surface area contributed by atoms with Crippen molar-refractivity contribution in [3.8, 4) is 0 Å². The highest BCUT2D eigenvalue weighted by molar-refractivity contribution is 5.87. The summed E-state index contributed by atoms with van der Waals surface area (Å²) in [6.45, 7) is 14.5. The van der Waals surface area contributed by atoms with Gasteiger partial charge in [0.2, 0.25) is 0 Å². The van der Waals surface area contributed by atoms with Gasteiger partial charge < -0.3 is 0 Å². The largest absolute Gasteiger partial charge is 0.260 e. The fourth-order valence-electron chi connectivity index (χ4n) is 2.02. The molecule has 0 fully saturated rings. The molecule has 2 rings (SSSR count). The minimum absolute atomic E-state index is 0.117. The van der Waals surface area contributed by atoms with Gasteiger partial charge in [-0.25, -0.2) is 0 Å². The van der Waals surface area contributed by atoms with Crippen molar-refractivity contribution in [2.45, 2.75) is 60.4 Å². The van der Waals surface area contributed by atoms with Gasteiger partial charge in [-0.2, -0.15) is 5.10 Å². The molecule has 0 saturated heterocycles. The third-order valence-electron chi connectivity index (χ3n) is 2.53. The molecule has 1 heterocycles. The van der Waals surface area contributed by atoms with Crippen molar-refractivity contribution in [3.63, 3.8) is 0 Å². The van der Waals surface area contributed by atoms with Crippen molar-refractivity contribution >= 4 is 11.4 Å².